The number of ether oxygens (including phenoxy) is 1. The molecule has 0 bridgehead atoms. The van der Waals surface area contributed by atoms with Gasteiger partial charge in [-0.2, -0.15) is 0 Å². The fourth-order valence-corrected chi connectivity index (χ4v) is 11.9. The fraction of sp³-hybridized carbons (Fsp3) is 0.0580. The zero-order chi connectivity index (χ0) is 49.4. The number of fused-ring (bicyclic) bond motifs is 9. The van der Waals surface area contributed by atoms with E-state index in [4.69, 9.17) is 19.7 Å². The Bertz CT molecular complexity index is 4450. The van der Waals surface area contributed by atoms with Crippen LogP contribution < -0.4 is 15.3 Å². The van der Waals surface area contributed by atoms with Crippen molar-refractivity contribution < 1.29 is 4.74 Å². The highest BCUT2D eigenvalue weighted by Crippen LogP contribution is 2.47. The molecule has 0 fully saturated rings. The summed E-state index contributed by atoms with van der Waals surface area (Å²) in [6.45, 7) is 0. The number of aromatic nitrogens is 5. The molecule has 0 amide bonds. The zero-order valence-electron chi connectivity index (χ0n) is 40.9. The van der Waals surface area contributed by atoms with Crippen molar-refractivity contribution in [3.63, 3.8) is 0 Å². The summed E-state index contributed by atoms with van der Waals surface area (Å²) in [6.07, 6.45) is 11.9. The number of para-hydroxylation sites is 3. The van der Waals surface area contributed by atoms with E-state index in [0.717, 1.165) is 86.6 Å². The van der Waals surface area contributed by atoms with Crippen LogP contribution >= 0.6 is 0 Å². The summed E-state index contributed by atoms with van der Waals surface area (Å²) in [5.74, 6) is 3.81. The van der Waals surface area contributed by atoms with E-state index in [9.17, 15) is 0 Å². The molecule has 6 heteroatoms. The van der Waals surface area contributed by atoms with E-state index in [0.29, 0.717) is 17.5 Å². The third-order valence-electron chi connectivity index (χ3n) is 15.4. The van der Waals surface area contributed by atoms with Crippen LogP contribution in [0, 0.1) is 0 Å². The average Bonchev–Trinajstić information content (AvgIpc) is 4.19. The molecule has 0 radical (unpaired) electrons. The van der Waals surface area contributed by atoms with Gasteiger partial charge in [0.2, 0.25) is 0 Å². The van der Waals surface area contributed by atoms with Crippen LogP contribution in [0.1, 0.15) is 36.6 Å². The van der Waals surface area contributed by atoms with Crippen molar-refractivity contribution in [1.29, 1.82) is 0 Å². The molecular formula is C69H47N5O. The smallest absolute Gasteiger partial charge is 0.166 e. The lowest BCUT2D eigenvalue weighted by Gasteiger charge is -2.18. The number of nitrogens with zero attached hydrogens (tertiary/aromatic N) is 5. The Morgan fingerprint density at radius 1 is 0.427 bits per heavy atom. The van der Waals surface area contributed by atoms with E-state index in [1.165, 1.54) is 54.5 Å². The second kappa shape index (κ2) is 17.5. The molecule has 6 nitrogen and oxygen atoms in total. The van der Waals surface area contributed by atoms with Gasteiger partial charge in [0, 0.05) is 60.6 Å². The lowest BCUT2D eigenvalue weighted by atomic mass is 9.89. The van der Waals surface area contributed by atoms with Crippen LogP contribution in [0.15, 0.2) is 236 Å². The molecule has 0 saturated heterocycles. The summed E-state index contributed by atoms with van der Waals surface area (Å²) < 4.78 is 11.4. The molecule has 2 aliphatic carbocycles. The van der Waals surface area contributed by atoms with Crippen LogP contribution in [0.25, 0.3) is 118 Å². The number of benzene rings is 9. The highest BCUT2D eigenvalue weighted by atomic mass is 16.5. The first-order valence-electron chi connectivity index (χ1n) is 25.9. The molecule has 15 rings (SSSR count). The van der Waals surface area contributed by atoms with Gasteiger partial charge in [-0.3, -0.25) is 0 Å². The molecule has 0 spiro atoms. The third kappa shape index (κ3) is 7.13. The molecule has 1 unspecified atom stereocenters. The van der Waals surface area contributed by atoms with Gasteiger partial charge in [0.1, 0.15) is 11.5 Å². The molecular weight excluding hydrogens is 915 g/mol. The quantitative estimate of drug-likeness (QED) is 0.152. The van der Waals surface area contributed by atoms with Gasteiger partial charge in [-0.15, -0.1) is 0 Å². The van der Waals surface area contributed by atoms with Gasteiger partial charge in [0.15, 0.2) is 17.5 Å². The highest BCUT2D eigenvalue weighted by Gasteiger charge is 2.32. The normalized spacial score (nSPS) is 14.6. The van der Waals surface area contributed by atoms with Gasteiger partial charge in [0.05, 0.1) is 22.2 Å². The number of allylic oxidation sites excluding steroid dienone is 4. The Labute approximate surface area is 433 Å². The number of hydrogen-bond acceptors (Lipinski definition) is 4. The fourth-order valence-electron chi connectivity index (χ4n) is 11.9. The largest absolute Gasteiger partial charge is 0.461 e. The minimum Gasteiger partial charge on any atom is -0.461 e. The Morgan fingerprint density at radius 3 is 1.83 bits per heavy atom. The van der Waals surface area contributed by atoms with Crippen molar-refractivity contribution in [2.45, 2.75) is 25.2 Å². The van der Waals surface area contributed by atoms with Crippen LogP contribution in [-0.4, -0.2) is 24.1 Å². The lowest BCUT2D eigenvalue weighted by molar-refractivity contribution is 0.426. The van der Waals surface area contributed by atoms with Crippen LogP contribution in [0.3, 0.4) is 0 Å². The van der Waals surface area contributed by atoms with Crippen molar-refractivity contribution in [2.75, 3.05) is 0 Å². The molecule has 4 heterocycles. The second-order valence-corrected chi connectivity index (χ2v) is 19.7. The van der Waals surface area contributed by atoms with Gasteiger partial charge >= 0.3 is 0 Å². The van der Waals surface area contributed by atoms with Crippen LogP contribution in [-0.2, 0) is 0 Å². The van der Waals surface area contributed by atoms with E-state index in [2.05, 4.69) is 240 Å². The Balaban J connectivity index is 0.964. The van der Waals surface area contributed by atoms with Gasteiger partial charge in [0.25, 0.3) is 0 Å². The SMILES string of the molecule is C1=C(c2nc(-c3ccc(-c4ccccc4)cc3)nc(-c3ccc(-c4ccccc4)cc3-n3c4c(c5c(-c6cccc7c6c6ccccc6n7-c6ccccc6)cccc53)=CCCC=4)n2)C=C2Oc3ccccc3C2C1. The predicted molar refractivity (Wildman–Crippen MR) is 306 cm³/mol. The summed E-state index contributed by atoms with van der Waals surface area (Å²) >= 11 is 0. The van der Waals surface area contributed by atoms with Crippen LogP contribution in [0.2, 0.25) is 0 Å². The van der Waals surface area contributed by atoms with E-state index in [1.807, 2.05) is 12.1 Å². The highest BCUT2D eigenvalue weighted by molar-refractivity contribution is 6.18. The van der Waals surface area contributed by atoms with E-state index in [1.54, 1.807) is 0 Å². The average molecular weight is 962 g/mol. The van der Waals surface area contributed by atoms with Crippen molar-refractivity contribution in [3.8, 4) is 73.3 Å². The van der Waals surface area contributed by atoms with Crippen molar-refractivity contribution in [1.82, 2.24) is 24.1 Å². The first-order valence-corrected chi connectivity index (χ1v) is 25.9. The Morgan fingerprint density at radius 2 is 1.03 bits per heavy atom. The van der Waals surface area contributed by atoms with Gasteiger partial charge in [-0.05, 0) is 107 Å². The molecule has 3 aromatic heterocycles. The minimum atomic E-state index is 0.161. The molecule has 1 aliphatic heterocycles. The molecule has 12 aromatic rings. The first-order chi connectivity index (χ1) is 37.2. The monoisotopic (exact) mass is 961 g/mol. The summed E-state index contributed by atoms with van der Waals surface area (Å²) in [6, 6.07) is 78.0. The first kappa shape index (κ1) is 43.0. The van der Waals surface area contributed by atoms with E-state index in [-0.39, 0.29) is 5.92 Å². The van der Waals surface area contributed by atoms with Crippen molar-refractivity contribution >= 4 is 50.4 Å². The Kier molecular flexibility index (Phi) is 10.0. The van der Waals surface area contributed by atoms with Gasteiger partial charge in [-0.25, -0.2) is 15.0 Å². The van der Waals surface area contributed by atoms with Crippen LogP contribution in [0.5, 0.6) is 5.75 Å². The predicted octanol–water partition coefficient (Wildman–Crippen LogP) is 15.4. The zero-order valence-corrected chi connectivity index (χ0v) is 40.9. The molecule has 0 N–H and O–H groups in total. The minimum absolute atomic E-state index is 0.161. The van der Waals surface area contributed by atoms with Gasteiger partial charge < -0.3 is 13.9 Å². The van der Waals surface area contributed by atoms with Gasteiger partial charge in [-0.1, -0.05) is 188 Å². The lowest BCUT2D eigenvalue weighted by Crippen LogP contribution is -2.30. The summed E-state index contributed by atoms with van der Waals surface area (Å²) in [5.41, 5.74) is 16.5. The number of hydrogen-bond donors (Lipinski definition) is 0. The topological polar surface area (TPSA) is 57.8 Å². The van der Waals surface area contributed by atoms with Crippen molar-refractivity contribution in [2.24, 2.45) is 0 Å². The van der Waals surface area contributed by atoms with E-state index >= 15 is 0 Å². The molecule has 354 valence electrons. The maximum absolute atomic E-state index is 6.51. The number of rotatable bonds is 8. The van der Waals surface area contributed by atoms with Crippen LogP contribution in [0.4, 0.5) is 0 Å². The maximum Gasteiger partial charge on any atom is 0.166 e. The Hall–Kier alpha value is -9.65. The second-order valence-electron chi connectivity index (χ2n) is 19.7. The standard InChI is InChI=1S/C69H47N5O/c1-4-18-44(19-5-1)46-34-36-47(37-35-46)67-70-68(49-39-40-52-51-24-12-15-33-63(51)75-64(52)43-49)72-69(71-67)57-41-38-48(45-20-6-2-7-21-45)42-62(57)74-59-30-14-11-26-56(59)66-54(28-17-32-61(66)74)53-27-16-31-60-65(53)55-25-10-13-29-58(55)73(60)50-22-8-3-9-23-50/h1-10,12-13,15-39,41-43,52H,11,14,40H2. The summed E-state index contributed by atoms with van der Waals surface area (Å²) in [4.78, 5) is 16.2. The summed E-state index contributed by atoms with van der Waals surface area (Å²) in [7, 11) is 0. The van der Waals surface area contributed by atoms with Crippen molar-refractivity contribution in [3.05, 3.63) is 258 Å². The summed E-state index contributed by atoms with van der Waals surface area (Å²) in [5, 5.41) is 6.11. The molecule has 9 aromatic carbocycles. The molecule has 1 atom stereocenters. The molecule has 0 saturated carbocycles. The third-order valence-corrected chi connectivity index (χ3v) is 15.4. The molecule has 75 heavy (non-hydrogen) atoms. The van der Waals surface area contributed by atoms with E-state index < -0.39 is 0 Å². The maximum atomic E-state index is 6.51. The molecule has 3 aliphatic rings.